The third kappa shape index (κ3) is 5.68. The van der Waals surface area contributed by atoms with Crippen LogP contribution in [0.3, 0.4) is 0 Å². The smallest absolute Gasteiger partial charge is 0.253 e. The van der Waals surface area contributed by atoms with Crippen molar-refractivity contribution in [2.45, 2.75) is 51.0 Å². The van der Waals surface area contributed by atoms with Gasteiger partial charge in [-0.3, -0.25) is 4.79 Å². The Balaban J connectivity index is 0.000000272. The Bertz CT molecular complexity index is 433. The van der Waals surface area contributed by atoms with Gasteiger partial charge in [0, 0.05) is 6.04 Å². The molecule has 0 atom stereocenters. The average molecular weight is 309 g/mol. The van der Waals surface area contributed by atoms with Crippen molar-refractivity contribution in [3.63, 3.8) is 0 Å². The van der Waals surface area contributed by atoms with E-state index >= 15 is 0 Å². The van der Waals surface area contributed by atoms with Gasteiger partial charge in [-0.15, -0.1) is 0 Å². The Hall–Kier alpha value is -1.06. The minimum absolute atomic E-state index is 0.0440. The number of hydrogen-bond acceptors (Lipinski definition) is 2. The summed E-state index contributed by atoms with van der Waals surface area (Å²) in [6, 6.07) is 7.51. The van der Waals surface area contributed by atoms with Crippen LogP contribution in [-0.2, 0) is 0 Å². The standard InChI is InChI=1S/C13H16ClNO.C4H9N/c14-12-9-5-4-8-11(12)13(16)15-10-6-2-1-3-7-10;1-2-4-5-3-1/h4-5,8-10H,1-3,6-7H2,(H,15,16);5H,1-4H2. The van der Waals surface area contributed by atoms with E-state index in [1.54, 1.807) is 12.1 Å². The fourth-order valence-corrected chi connectivity index (χ4v) is 3.00. The van der Waals surface area contributed by atoms with Crippen molar-refractivity contribution in [1.82, 2.24) is 10.6 Å². The molecule has 2 aliphatic rings. The summed E-state index contributed by atoms with van der Waals surface area (Å²) in [5, 5.41) is 6.80. The first-order valence-electron chi connectivity index (χ1n) is 8.03. The van der Waals surface area contributed by atoms with Crippen LogP contribution in [0.4, 0.5) is 0 Å². The lowest BCUT2D eigenvalue weighted by molar-refractivity contribution is 0.0928. The molecule has 1 heterocycles. The van der Waals surface area contributed by atoms with E-state index in [4.69, 9.17) is 11.6 Å². The van der Waals surface area contributed by atoms with Gasteiger partial charge in [0.25, 0.3) is 5.91 Å². The van der Waals surface area contributed by atoms with Crippen LogP contribution in [0.15, 0.2) is 24.3 Å². The Labute approximate surface area is 132 Å². The summed E-state index contributed by atoms with van der Waals surface area (Å²) in [5.74, 6) is -0.0440. The van der Waals surface area contributed by atoms with Gasteiger partial charge in [-0.25, -0.2) is 0 Å². The number of benzene rings is 1. The fraction of sp³-hybridized carbons (Fsp3) is 0.588. The Kier molecular flexibility index (Phi) is 7.04. The molecule has 0 spiro atoms. The van der Waals surface area contributed by atoms with Gasteiger partial charge in [-0.2, -0.15) is 0 Å². The molecule has 116 valence electrons. The lowest BCUT2D eigenvalue weighted by atomic mass is 9.95. The van der Waals surface area contributed by atoms with E-state index in [9.17, 15) is 4.79 Å². The van der Waals surface area contributed by atoms with Gasteiger partial charge in [-0.05, 0) is 50.9 Å². The number of halogens is 1. The van der Waals surface area contributed by atoms with E-state index in [-0.39, 0.29) is 5.91 Å². The summed E-state index contributed by atoms with van der Waals surface area (Å²) in [7, 11) is 0. The third-order valence-corrected chi connectivity index (χ3v) is 4.35. The second-order valence-electron chi connectivity index (χ2n) is 5.75. The average Bonchev–Trinajstić information content (AvgIpc) is 3.08. The molecular formula is C17H25ClN2O. The van der Waals surface area contributed by atoms with Crippen LogP contribution in [0.2, 0.25) is 5.02 Å². The van der Waals surface area contributed by atoms with Crippen LogP contribution in [0.25, 0.3) is 0 Å². The molecule has 1 saturated heterocycles. The minimum atomic E-state index is -0.0440. The van der Waals surface area contributed by atoms with E-state index in [0.717, 1.165) is 12.8 Å². The van der Waals surface area contributed by atoms with Gasteiger partial charge in [0.05, 0.1) is 10.6 Å². The number of nitrogens with one attached hydrogen (secondary N) is 2. The van der Waals surface area contributed by atoms with Gasteiger partial charge >= 0.3 is 0 Å². The van der Waals surface area contributed by atoms with Crippen molar-refractivity contribution in [2.24, 2.45) is 0 Å². The SMILES string of the molecule is C1CCNC1.O=C(NC1CCCCC1)c1ccccc1Cl. The quantitative estimate of drug-likeness (QED) is 0.873. The summed E-state index contributed by atoms with van der Waals surface area (Å²) in [6.45, 7) is 2.50. The number of amides is 1. The van der Waals surface area contributed by atoms with Gasteiger partial charge in [0.2, 0.25) is 0 Å². The number of carbonyl (C=O) groups is 1. The highest BCUT2D eigenvalue weighted by molar-refractivity contribution is 6.33. The molecule has 0 radical (unpaired) electrons. The molecule has 2 fully saturated rings. The van der Waals surface area contributed by atoms with E-state index in [2.05, 4.69) is 10.6 Å². The lowest BCUT2D eigenvalue weighted by Gasteiger charge is -2.22. The zero-order chi connectivity index (χ0) is 14.9. The van der Waals surface area contributed by atoms with Crippen LogP contribution >= 0.6 is 11.6 Å². The van der Waals surface area contributed by atoms with Gasteiger partial charge in [-0.1, -0.05) is 43.0 Å². The van der Waals surface area contributed by atoms with Crippen LogP contribution < -0.4 is 10.6 Å². The molecular weight excluding hydrogens is 284 g/mol. The predicted octanol–water partition coefficient (Wildman–Crippen LogP) is 3.77. The van der Waals surface area contributed by atoms with E-state index in [1.165, 1.54) is 45.2 Å². The molecule has 0 bridgehead atoms. The fourth-order valence-electron chi connectivity index (χ4n) is 2.78. The zero-order valence-electron chi connectivity index (χ0n) is 12.5. The molecule has 1 aromatic carbocycles. The summed E-state index contributed by atoms with van der Waals surface area (Å²) in [4.78, 5) is 11.9. The molecule has 4 heteroatoms. The topological polar surface area (TPSA) is 41.1 Å². The molecule has 1 aliphatic carbocycles. The monoisotopic (exact) mass is 308 g/mol. The molecule has 0 aromatic heterocycles. The second kappa shape index (κ2) is 9.06. The number of carbonyl (C=O) groups excluding carboxylic acids is 1. The van der Waals surface area contributed by atoms with Crippen molar-refractivity contribution < 1.29 is 4.79 Å². The lowest BCUT2D eigenvalue weighted by Crippen LogP contribution is -2.36. The Morgan fingerprint density at radius 1 is 1.05 bits per heavy atom. The van der Waals surface area contributed by atoms with Crippen LogP contribution in [0.5, 0.6) is 0 Å². The van der Waals surface area contributed by atoms with Crippen molar-refractivity contribution in [3.05, 3.63) is 34.9 Å². The summed E-state index contributed by atoms with van der Waals surface area (Å²) >= 11 is 5.98. The maximum Gasteiger partial charge on any atom is 0.253 e. The van der Waals surface area contributed by atoms with Crippen molar-refractivity contribution in [2.75, 3.05) is 13.1 Å². The molecule has 2 N–H and O–H groups in total. The first-order valence-corrected chi connectivity index (χ1v) is 8.41. The Morgan fingerprint density at radius 3 is 2.29 bits per heavy atom. The van der Waals surface area contributed by atoms with Crippen molar-refractivity contribution in [1.29, 1.82) is 0 Å². The molecule has 21 heavy (non-hydrogen) atoms. The highest BCUT2D eigenvalue weighted by atomic mass is 35.5. The van der Waals surface area contributed by atoms with E-state index in [0.29, 0.717) is 16.6 Å². The highest BCUT2D eigenvalue weighted by Gasteiger charge is 2.17. The van der Waals surface area contributed by atoms with Gasteiger partial charge in [0.1, 0.15) is 0 Å². The Morgan fingerprint density at radius 2 is 1.71 bits per heavy atom. The molecule has 1 aromatic rings. The predicted molar refractivity (Wildman–Crippen MR) is 87.9 cm³/mol. The largest absolute Gasteiger partial charge is 0.349 e. The number of rotatable bonds is 2. The summed E-state index contributed by atoms with van der Waals surface area (Å²) in [5.41, 5.74) is 0.578. The van der Waals surface area contributed by atoms with Crippen LogP contribution in [0, 0.1) is 0 Å². The maximum atomic E-state index is 11.9. The van der Waals surface area contributed by atoms with Crippen LogP contribution in [-0.4, -0.2) is 25.0 Å². The van der Waals surface area contributed by atoms with E-state index in [1.807, 2.05) is 12.1 Å². The maximum absolute atomic E-state index is 11.9. The molecule has 1 aliphatic heterocycles. The summed E-state index contributed by atoms with van der Waals surface area (Å²) in [6.07, 6.45) is 8.69. The summed E-state index contributed by atoms with van der Waals surface area (Å²) < 4.78 is 0. The van der Waals surface area contributed by atoms with Gasteiger partial charge in [0.15, 0.2) is 0 Å². The third-order valence-electron chi connectivity index (χ3n) is 4.02. The first-order chi connectivity index (χ1) is 10.3. The normalized spacial score (nSPS) is 18.7. The van der Waals surface area contributed by atoms with Crippen molar-refractivity contribution >= 4 is 17.5 Å². The van der Waals surface area contributed by atoms with Gasteiger partial charge < -0.3 is 10.6 Å². The van der Waals surface area contributed by atoms with Crippen LogP contribution in [0.1, 0.15) is 55.3 Å². The molecule has 3 rings (SSSR count). The first kappa shape index (κ1) is 16.3. The zero-order valence-corrected chi connectivity index (χ0v) is 13.3. The molecule has 1 saturated carbocycles. The molecule has 1 amide bonds. The molecule has 3 nitrogen and oxygen atoms in total. The van der Waals surface area contributed by atoms with Crippen molar-refractivity contribution in [3.8, 4) is 0 Å². The number of hydrogen-bond donors (Lipinski definition) is 2. The minimum Gasteiger partial charge on any atom is -0.349 e. The second-order valence-corrected chi connectivity index (χ2v) is 6.15. The van der Waals surface area contributed by atoms with E-state index < -0.39 is 0 Å². The highest BCUT2D eigenvalue weighted by Crippen LogP contribution is 2.19. The molecule has 0 unspecified atom stereocenters.